The molecule has 2 aromatic heterocycles. The van der Waals surface area contributed by atoms with Crippen LogP contribution in [-0.4, -0.2) is 91.5 Å². The van der Waals surface area contributed by atoms with Crippen LogP contribution in [-0.2, 0) is 14.3 Å². The minimum Gasteiger partial charge on any atom is -0.381 e. The molecule has 5 heterocycles. The molecule has 0 saturated carbocycles. The number of aromatic amines is 1. The molecular formula is C26H32N6O3. The number of aromatic nitrogens is 3. The van der Waals surface area contributed by atoms with E-state index in [2.05, 4.69) is 33.0 Å². The van der Waals surface area contributed by atoms with Crippen LogP contribution in [0.1, 0.15) is 12.8 Å². The Morgan fingerprint density at radius 2 is 2.09 bits per heavy atom. The predicted molar refractivity (Wildman–Crippen MR) is 135 cm³/mol. The van der Waals surface area contributed by atoms with Gasteiger partial charge in [0.05, 0.1) is 37.7 Å². The predicted octanol–water partition coefficient (Wildman–Crippen LogP) is 2.54. The number of hydrogen-bond donors (Lipinski definition) is 1. The van der Waals surface area contributed by atoms with Crippen LogP contribution >= 0.6 is 0 Å². The first-order chi connectivity index (χ1) is 17.2. The van der Waals surface area contributed by atoms with Crippen molar-refractivity contribution in [2.24, 2.45) is 5.92 Å². The summed E-state index contributed by atoms with van der Waals surface area (Å²) >= 11 is 0. The summed E-state index contributed by atoms with van der Waals surface area (Å²) < 4.78 is 11.3. The lowest BCUT2D eigenvalue weighted by Gasteiger charge is -2.45. The smallest absolute Gasteiger partial charge is 0.241 e. The number of morpholine rings is 1. The molecule has 2 saturated heterocycles. The Hall–Kier alpha value is -3.17. The number of likely N-dealkylation sites (N-methyl/N-ethyl adjacent to an activating group) is 1. The highest BCUT2D eigenvalue weighted by molar-refractivity contribution is 5.94. The van der Waals surface area contributed by atoms with Crippen molar-refractivity contribution in [3.63, 3.8) is 0 Å². The number of H-pyrrole nitrogens is 1. The van der Waals surface area contributed by atoms with Crippen LogP contribution in [0.3, 0.4) is 0 Å². The summed E-state index contributed by atoms with van der Waals surface area (Å²) in [5.74, 6) is 2.22. The van der Waals surface area contributed by atoms with Gasteiger partial charge in [0.25, 0.3) is 0 Å². The zero-order valence-electron chi connectivity index (χ0n) is 20.2. The number of benzene rings is 1. The number of nitrogens with zero attached hydrogens (tertiary/aromatic N) is 5. The molecule has 9 heteroatoms. The fourth-order valence-corrected chi connectivity index (χ4v) is 5.50. The van der Waals surface area contributed by atoms with Gasteiger partial charge in [-0.2, -0.15) is 0 Å². The largest absolute Gasteiger partial charge is 0.381 e. The third-order valence-corrected chi connectivity index (χ3v) is 7.48. The molecule has 0 bridgehead atoms. The number of rotatable bonds is 5. The number of ether oxygens (including phenoxy) is 2. The van der Waals surface area contributed by atoms with Gasteiger partial charge in [0.1, 0.15) is 0 Å². The molecular weight excluding hydrogens is 444 g/mol. The molecule has 3 aliphatic rings. The molecule has 2 fully saturated rings. The maximum atomic E-state index is 13.2. The number of amides is 1. The van der Waals surface area contributed by atoms with Gasteiger partial charge in [0.2, 0.25) is 5.91 Å². The SMILES string of the molecule is CN(CC1CCOCC1)C(=O)CN1CC2COCCN2c2nc(-c3cccc4[nH]ccc34)ncc21. The van der Waals surface area contributed by atoms with Crippen molar-refractivity contribution < 1.29 is 14.3 Å². The average Bonchev–Trinajstić information content (AvgIpc) is 3.38. The van der Waals surface area contributed by atoms with Crippen LogP contribution in [0.4, 0.5) is 11.5 Å². The number of fused-ring (bicyclic) bond motifs is 4. The minimum atomic E-state index is 0.119. The normalized spacial score (nSPS) is 20.5. The van der Waals surface area contributed by atoms with Crippen molar-refractivity contribution >= 4 is 28.3 Å². The van der Waals surface area contributed by atoms with Crippen molar-refractivity contribution in [1.29, 1.82) is 0 Å². The summed E-state index contributed by atoms with van der Waals surface area (Å²) in [5.41, 5.74) is 2.98. The van der Waals surface area contributed by atoms with Crippen molar-refractivity contribution in [1.82, 2.24) is 19.9 Å². The summed E-state index contributed by atoms with van der Waals surface area (Å²) in [6.45, 7) is 5.49. The van der Waals surface area contributed by atoms with E-state index < -0.39 is 0 Å². The van der Waals surface area contributed by atoms with E-state index >= 15 is 0 Å². The second-order valence-electron chi connectivity index (χ2n) is 9.78. The van der Waals surface area contributed by atoms with E-state index in [9.17, 15) is 4.79 Å². The van der Waals surface area contributed by atoms with Gasteiger partial charge in [-0.1, -0.05) is 12.1 Å². The molecule has 0 aliphatic carbocycles. The van der Waals surface area contributed by atoms with Crippen LogP contribution in [0.2, 0.25) is 0 Å². The van der Waals surface area contributed by atoms with Gasteiger partial charge in [-0.3, -0.25) is 4.79 Å². The van der Waals surface area contributed by atoms with E-state index in [4.69, 9.17) is 19.4 Å². The van der Waals surface area contributed by atoms with E-state index in [0.717, 1.165) is 73.7 Å². The number of carbonyl (C=O) groups excluding carboxylic acids is 1. The number of carbonyl (C=O) groups is 1. The first-order valence-corrected chi connectivity index (χ1v) is 12.5. The monoisotopic (exact) mass is 476 g/mol. The number of nitrogens with one attached hydrogen (secondary N) is 1. The second kappa shape index (κ2) is 9.47. The lowest BCUT2D eigenvalue weighted by molar-refractivity contribution is -0.129. The van der Waals surface area contributed by atoms with Gasteiger partial charge in [-0.05, 0) is 30.9 Å². The molecule has 0 spiro atoms. The van der Waals surface area contributed by atoms with E-state index in [0.29, 0.717) is 31.5 Å². The standard InChI is InChI=1S/C26H32N6O3/c1-30(14-18-6-10-34-11-7-18)24(33)16-31-15-19-17-35-12-9-32(19)26-23(31)13-28-25(29-26)21-3-2-4-22-20(21)5-8-27-22/h2-5,8,13,18-19,27H,6-7,9-12,14-17H2,1H3. The fourth-order valence-electron chi connectivity index (χ4n) is 5.50. The summed E-state index contributed by atoms with van der Waals surface area (Å²) in [6.07, 6.45) is 5.86. The van der Waals surface area contributed by atoms with Gasteiger partial charge < -0.3 is 29.2 Å². The van der Waals surface area contributed by atoms with Crippen LogP contribution in [0, 0.1) is 5.92 Å². The molecule has 184 valence electrons. The molecule has 1 aromatic carbocycles. The van der Waals surface area contributed by atoms with Crippen molar-refractivity contribution in [2.75, 3.05) is 69.5 Å². The molecule has 1 atom stereocenters. The first kappa shape index (κ1) is 22.3. The zero-order chi connectivity index (χ0) is 23.8. The molecule has 1 amide bonds. The lowest BCUT2D eigenvalue weighted by atomic mass is 10.00. The summed E-state index contributed by atoms with van der Waals surface area (Å²) in [4.78, 5) is 32.6. The third-order valence-electron chi connectivity index (χ3n) is 7.48. The van der Waals surface area contributed by atoms with Gasteiger partial charge >= 0.3 is 0 Å². The highest BCUT2D eigenvalue weighted by atomic mass is 16.5. The van der Waals surface area contributed by atoms with Crippen molar-refractivity contribution in [3.05, 3.63) is 36.7 Å². The van der Waals surface area contributed by atoms with Crippen LogP contribution < -0.4 is 9.80 Å². The first-order valence-electron chi connectivity index (χ1n) is 12.5. The third kappa shape index (κ3) is 4.34. The quantitative estimate of drug-likeness (QED) is 0.606. The minimum absolute atomic E-state index is 0.119. The Balaban J connectivity index is 1.28. The highest BCUT2D eigenvalue weighted by Crippen LogP contribution is 2.37. The van der Waals surface area contributed by atoms with E-state index in [1.807, 2.05) is 30.4 Å². The Labute approximate surface area is 205 Å². The van der Waals surface area contributed by atoms with E-state index in [1.54, 1.807) is 0 Å². The highest BCUT2D eigenvalue weighted by Gasteiger charge is 2.36. The Morgan fingerprint density at radius 1 is 1.20 bits per heavy atom. The lowest BCUT2D eigenvalue weighted by Crippen LogP contribution is -2.57. The maximum absolute atomic E-state index is 13.2. The summed E-state index contributed by atoms with van der Waals surface area (Å²) in [6, 6.07) is 8.36. The van der Waals surface area contributed by atoms with Gasteiger partial charge in [-0.25, -0.2) is 9.97 Å². The van der Waals surface area contributed by atoms with Crippen molar-refractivity contribution in [3.8, 4) is 11.4 Å². The molecule has 35 heavy (non-hydrogen) atoms. The molecule has 3 aliphatic heterocycles. The molecule has 1 unspecified atom stereocenters. The summed E-state index contributed by atoms with van der Waals surface area (Å²) in [7, 11) is 1.91. The summed E-state index contributed by atoms with van der Waals surface area (Å²) in [5, 5.41) is 1.10. The second-order valence-corrected chi connectivity index (χ2v) is 9.78. The molecule has 1 N–H and O–H groups in total. The van der Waals surface area contributed by atoms with Crippen LogP contribution in [0.5, 0.6) is 0 Å². The number of anilines is 2. The molecule has 0 radical (unpaired) electrons. The zero-order valence-corrected chi connectivity index (χ0v) is 20.2. The Kier molecular flexibility index (Phi) is 6.03. The molecule has 3 aromatic rings. The topological polar surface area (TPSA) is 86.8 Å². The van der Waals surface area contributed by atoms with Gasteiger partial charge in [-0.15, -0.1) is 0 Å². The van der Waals surface area contributed by atoms with Gasteiger partial charge in [0.15, 0.2) is 11.6 Å². The maximum Gasteiger partial charge on any atom is 0.241 e. The fraction of sp³-hybridized carbons (Fsp3) is 0.500. The average molecular weight is 477 g/mol. The van der Waals surface area contributed by atoms with E-state index in [-0.39, 0.29) is 11.9 Å². The van der Waals surface area contributed by atoms with Crippen LogP contribution in [0.15, 0.2) is 36.7 Å². The van der Waals surface area contributed by atoms with Crippen molar-refractivity contribution in [2.45, 2.75) is 18.9 Å². The molecule has 6 rings (SSSR count). The van der Waals surface area contributed by atoms with E-state index in [1.165, 1.54) is 0 Å². The number of hydrogen-bond acceptors (Lipinski definition) is 7. The Bertz CT molecular complexity index is 1210. The van der Waals surface area contributed by atoms with Gasteiger partial charge in [0, 0.05) is 62.6 Å². The Morgan fingerprint density at radius 3 is 2.97 bits per heavy atom. The van der Waals surface area contributed by atoms with Crippen LogP contribution in [0.25, 0.3) is 22.3 Å². The molecule has 9 nitrogen and oxygen atoms in total.